The van der Waals surface area contributed by atoms with Gasteiger partial charge >= 0.3 is 0 Å². The summed E-state index contributed by atoms with van der Waals surface area (Å²) in [4.78, 5) is 21.3. The van der Waals surface area contributed by atoms with E-state index in [9.17, 15) is 4.79 Å². The van der Waals surface area contributed by atoms with E-state index in [2.05, 4.69) is 20.4 Å². The number of hydrogen-bond acceptors (Lipinski definition) is 4. The number of carbonyl (C=O) groups excluding carboxylic acids is 1. The first kappa shape index (κ1) is 17.7. The Morgan fingerprint density at radius 1 is 1.04 bits per heavy atom. The summed E-state index contributed by atoms with van der Waals surface area (Å²) >= 11 is 0. The van der Waals surface area contributed by atoms with Crippen molar-refractivity contribution in [2.75, 3.05) is 6.54 Å². The summed E-state index contributed by atoms with van der Waals surface area (Å²) < 4.78 is 3.74. The quantitative estimate of drug-likeness (QED) is 0.565. The van der Waals surface area contributed by atoms with Crippen molar-refractivity contribution in [1.82, 2.24) is 29.6 Å². The molecule has 7 nitrogen and oxygen atoms in total. The third-order valence-electron chi connectivity index (χ3n) is 4.50. The molecule has 3 aromatic heterocycles. The highest BCUT2D eigenvalue weighted by Gasteiger charge is 2.15. The second kappa shape index (κ2) is 7.87. The molecule has 7 heteroatoms. The summed E-state index contributed by atoms with van der Waals surface area (Å²) in [6.07, 6.45) is 6.96. The topological polar surface area (TPSA) is 77.6 Å². The van der Waals surface area contributed by atoms with Crippen LogP contribution in [0.4, 0.5) is 0 Å². The minimum absolute atomic E-state index is 0.140. The molecular formula is C21H20N6O. The third-order valence-corrected chi connectivity index (χ3v) is 4.50. The fraction of sp³-hybridized carbons (Fsp3) is 0.143. The van der Waals surface area contributed by atoms with Crippen molar-refractivity contribution in [1.29, 1.82) is 0 Å². The van der Waals surface area contributed by atoms with Crippen molar-refractivity contribution >= 4 is 5.91 Å². The first-order valence-electron chi connectivity index (χ1n) is 9.05. The lowest BCUT2D eigenvalue weighted by atomic mass is 10.2. The van der Waals surface area contributed by atoms with Crippen LogP contribution < -0.4 is 5.32 Å². The number of hydrogen-bond donors (Lipinski definition) is 1. The molecule has 0 aliphatic carbocycles. The van der Waals surface area contributed by atoms with Gasteiger partial charge in [-0.3, -0.25) is 9.78 Å². The normalized spacial score (nSPS) is 10.8. The summed E-state index contributed by atoms with van der Waals surface area (Å²) in [5.74, 6) is 0.641. The Balaban J connectivity index is 1.41. The number of aromatic nitrogens is 5. The molecule has 0 bridgehead atoms. The maximum Gasteiger partial charge on any atom is 0.254 e. The maximum absolute atomic E-state index is 12.6. The summed E-state index contributed by atoms with van der Waals surface area (Å²) in [6, 6.07) is 15.5. The van der Waals surface area contributed by atoms with Crippen molar-refractivity contribution in [3.8, 4) is 17.2 Å². The monoisotopic (exact) mass is 372 g/mol. The highest BCUT2D eigenvalue weighted by atomic mass is 16.1. The summed E-state index contributed by atoms with van der Waals surface area (Å²) in [7, 11) is 0. The van der Waals surface area contributed by atoms with Crippen LogP contribution in [-0.4, -0.2) is 36.8 Å². The predicted octanol–water partition coefficient (Wildman–Crippen LogP) is 2.87. The fourth-order valence-electron chi connectivity index (χ4n) is 3.07. The molecule has 140 valence electrons. The van der Waals surface area contributed by atoms with Gasteiger partial charge in [0.15, 0.2) is 5.82 Å². The average Bonchev–Trinajstić information content (AvgIpc) is 3.36. The molecular weight excluding hydrogens is 352 g/mol. The van der Waals surface area contributed by atoms with E-state index in [4.69, 9.17) is 0 Å². The standard InChI is InChI=1S/C21H20N6O/c1-16-18(15-25-27(16)17-7-3-2-4-8-17)21(28)24-12-14-26-13-11-23-20(26)19-9-5-6-10-22-19/h2-11,13,15H,12,14H2,1H3,(H,24,28). The van der Waals surface area contributed by atoms with Crippen LogP contribution in [0.1, 0.15) is 16.1 Å². The first-order chi connectivity index (χ1) is 13.7. The molecule has 0 fully saturated rings. The number of para-hydroxylation sites is 1. The van der Waals surface area contributed by atoms with Gasteiger partial charge in [0, 0.05) is 31.7 Å². The molecule has 1 aromatic carbocycles. The van der Waals surface area contributed by atoms with E-state index in [0.29, 0.717) is 18.7 Å². The molecule has 0 spiro atoms. The molecule has 3 heterocycles. The molecule has 0 aliphatic rings. The zero-order valence-corrected chi connectivity index (χ0v) is 15.5. The van der Waals surface area contributed by atoms with E-state index in [-0.39, 0.29) is 5.91 Å². The van der Waals surface area contributed by atoms with Gasteiger partial charge in [-0.1, -0.05) is 24.3 Å². The molecule has 4 aromatic rings. The SMILES string of the molecule is Cc1c(C(=O)NCCn2ccnc2-c2ccccn2)cnn1-c1ccccc1. The van der Waals surface area contributed by atoms with E-state index >= 15 is 0 Å². The first-order valence-corrected chi connectivity index (χ1v) is 9.05. The van der Waals surface area contributed by atoms with Gasteiger partial charge in [0.2, 0.25) is 0 Å². The van der Waals surface area contributed by atoms with Gasteiger partial charge in [-0.15, -0.1) is 0 Å². The van der Waals surface area contributed by atoms with Gasteiger partial charge in [0.05, 0.1) is 23.1 Å². The molecule has 0 radical (unpaired) electrons. The second-order valence-corrected chi connectivity index (χ2v) is 6.31. The van der Waals surface area contributed by atoms with Gasteiger partial charge < -0.3 is 9.88 Å². The molecule has 0 saturated carbocycles. The van der Waals surface area contributed by atoms with E-state index in [0.717, 1.165) is 22.9 Å². The number of nitrogens with zero attached hydrogens (tertiary/aromatic N) is 5. The molecule has 1 N–H and O–H groups in total. The van der Waals surface area contributed by atoms with Crippen LogP contribution >= 0.6 is 0 Å². The molecule has 0 unspecified atom stereocenters. The van der Waals surface area contributed by atoms with Crippen LogP contribution in [0.2, 0.25) is 0 Å². The van der Waals surface area contributed by atoms with Gasteiger partial charge in [-0.05, 0) is 31.2 Å². The van der Waals surface area contributed by atoms with Gasteiger partial charge in [-0.25, -0.2) is 9.67 Å². The lowest BCUT2D eigenvalue weighted by Crippen LogP contribution is -2.27. The summed E-state index contributed by atoms with van der Waals surface area (Å²) in [6.45, 7) is 2.97. The molecule has 28 heavy (non-hydrogen) atoms. The minimum Gasteiger partial charge on any atom is -0.350 e. The Labute approximate surface area is 162 Å². The maximum atomic E-state index is 12.6. The van der Waals surface area contributed by atoms with Crippen molar-refractivity contribution in [3.05, 3.63) is 84.6 Å². The molecule has 4 rings (SSSR count). The largest absolute Gasteiger partial charge is 0.350 e. The van der Waals surface area contributed by atoms with E-state index in [1.165, 1.54) is 0 Å². The highest BCUT2D eigenvalue weighted by Crippen LogP contribution is 2.15. The number of nitrogens with one attached hydrogen (secondary N) is 1. The lowest BCUT2D eigenvalue weighted by molar-refractivity contribution is 0.0951. The van der Waals surface area contributed by atoms with Gasteiger partial charge in [0.25, 0.3) is 5.91 Å². The number of amides is 1. The molecule has 1 amide bonds. The second-order valence-electron chi connectivity index (χ2n) is 6.31. The van der Waals surface area contributed by atoms with Gasteiger partial charge in [0.1, 0.15) is 5.69 Å². The summed E-state index contributed by atoms with van der Waals surface area (Å²) in [5, 5.41) is 7.31. The number of imidazole rings is 1. The zero-order valence-electron chi connectivity index (χ0n) is 15.5. The Hall–Kier alpha value is -3.74. The predicted molar refractivity (Wildman–Crippen MR) is 106 cm³/mol. The highest BCUT2D eigenvalue weighted by molar-refractivity contribution is 5.95. The lowest BCUT2D eigenvalue weighted by Gasteiger charge is -2.09. The van der Waals surface area contributed by atoms with Crippen LogP contribution in [0.15, 0.2) is 73.3 Å². The molecule has 0 atom stereocenters. The van der Waals surface area contributed by atoms with Crippen LogP contribution in [0.3, 0.4) is 0 Å². The Kier molecular flexibility index (Phi) is 4.97. The molecule has 0 saturated heterocycles. The van der Waals surface area contributed by atoms with Crippen LogP contribution in [-0.2, 0) is 6.54 Å². The fourth-order valence-corrected chi connectivity index (χ4v) is 3.07. The van der Waals surface area contributed by atoms with Crippen LogP contribution in [0.5, 0.6) is 0 Å². The zero-order chi connectivity index (χ0) is 19.3. The van der Waals surface area contributed by atoms with Crippen LogP contribution in [0.25, 0.3) is 17.2 Å². The summed E-state index contributed by atoms with van der Waals surface area (Å²) in [5.41, 5.74) is 3.11. The Morgan fingerprint density at radius 2 is 1.86 bits per heavy atom. The van der Waals surface area contributed by atoms with Crippen molar-refractivity contribution < 1.29 is 4.79 Å². The van der Waals surface area contributed by atoms with Crippen molar-refractivity contribution in [3.63, 3.8) is 0 Å². The van der Waals surface area contributed by atoms with Crippen molar-refractivity contribution in [2.45, 2.75) is 13.5 Å². The number of benzene rings is 1. The number of rotatable bonds is 6. The van der Waals surface area contributed by atoms with E-state index in [1.54, 1.807) is 23.3 Å². The Bertz CT molecular complexity index is 1070. The molecule has 0 aliphatic heterocycles. The van der Waals surface area contributed by atoms with E-state index < -0.39 is 0 Å². The minimum atomic E-state index is -0.140. The average molecular weight is 372 g/mol. The Morgan fingerprint density at radius 3 is 2.64 bits per heavy atom. The van der Waals surface area contributed by atoms with E-state index in [1.807, 2.05) is 66.2 Å². The number of pyridine rings is 1. The third kappa shape index (κ3) is 3.55. The smallest absolute Gasteiger partial charge is 0.254 e. The van der Waals surface area contributed by atoms with Crippen molar-refractivity contribution in [2.24, 2.45) is 0 Å². The van der Waals surface area contributed by atoms with Crippen LogP contribution in [0, 0.1) is 6.92 Å². The van der Waals surface area contributed by atoms with Gasteiger partial charge in [-0.2, -0.15) is 5.10 Å². The number of carbonyl (C=O) groups is 1.